The number of amides is 1. The molecule has 0 aliphatic rings. The third-order valence-electron chi connectivity index (χ3n) is 3.33. The minimum absolute atomic E-state index is 0.0892. The van der Waals surface area contributed by atoms with Crippen LogP contribution in [0, 0.1) is 6.92 Å². The van der Waals surface area contributed by atoms with E-state index in [0.29, 0.717) is 12.4 Å². The number of carbonyl (C=O) groups excluding carboxylic acids is 1. The molecule has 0 saturated carbocycles. The van der Waals surface area contributed by atoms with Crippen molar-refractivity contribution in [2.45, 2.75) is 26.8 Å². The monoisotopic (exact) mass is 371 g/mol. The fourth-order valence-electron chi connectivity index (χ4n) is 1.69. The van der Waals surface area contributed by atoms with Gasteiger partial charge in [-0.2, -0.15) is 0 Å². The van der Waals surface area contributed by atoms with Crippen molar-refractivity contribution in [3.05, 3.63) is 54.2 Å². The van der Waals surface area contributed by atoms with Crippen LogP contribution in [-0.4, -0.2) is 47.4 Å². The third-order valence-corrected chi connectivity index (χ3v) is 3.33. The Morgan fingerprint density at radius 1 is 1.37 bits per heavy atom. The molecule has 1 aromatic heterocycles. The standard InChI is InChI=1S/C11H11N3.C6H11NO2.C3H7N/c1-8-2-4-9(5-3-8)10-6-7-13-11(12)14-10;1-5(2)6(3-8)7-4-9;1-3-4-2/h2-7H,1H3,(H2,12,13,14);4,6,8H,1,3H2,2H3,(H,7,9);3H,1-2H3/t;6-;/m.1./s1. The van der Waals surface area contributed by atoms with Gasteiger partial charge in [0.05, 0.1) is 18.3 Å². The van der Waals surface area contributed by atoms with Crippen molar-refractivity contribution in [1.82, 2.24) is 15.3 Å². The number of benzene rings is 1. The Hall–Kier alpha value is -3.06. The van der Waals surface area contributed by atoms with E-state index in [-0.39, 0.29) is 12.6 Å². The number of hydrogen-bond acceptors (Lipinski definition) is 6. The summed E-state index contributed by atoms with van der Waals surface area (Å²) in [4.78, 5) is 21.4. The fourth-order valence-corrected chi connectivity index (χ4v) is 1.69. The number of nitrogens with one attached hydrogen (secondary N) is 1. The summed E-state index contributed by atoms with van der Waals surface area (Å²) in [5.41, 5.74) is 9.41. The molecule has 27 heavy (non-hydrogen) atoms. The van der Waals surface area contributed by atoms with Crippen molar-refractivity contribution in [3.63, 3.8) is 0 Å². The average molecular weight is 371 g/mol. The first kappa shape index (κ1) is 23.9. The van der Waals surface area contributed by atoms with E-state index >= 15 is 0 Å². The number of anilines is 1. The topological polar surface area (TPSA) is 113 Å². The lowest BCUT2D eigenvalue weighted by molar-refractivity contribution is -0.110. The normalized spacial score (nSPS) is 10.7. The number of nitrogen functional groups attached to an aromatic ring is 1. The quantitative estimate of drug-likeness (QED) is 0.424. The number of rotatable bonds is 5. The number of carbonyl (C=O) groups is 1. The summed E-state index contributed by atoms with van der Waals surface area (Å²) >= 11 is 0. The third kappa shape index (κ3) is 10.5. The van der Waals surface area contributed by atoms with E-state index < -0.39 is 0 Å². The van der Waals surface area contributed by atoms with Gasteiger partial charge in [-0.15, -0.1) is 0 Å². The number of aliphatic hydroxyl groups is 1. The predicted molar refractivity (Wildman–Crippen MR) is 112 cm³/mol. The Labute approximate surface area is 161 Å². The van der Waals surface area contributed by atoms with Crippen molar-refractivity contribution >= 4 is 18.6 Å². The van der Waals surface area contributed by atoms with Gasteiger partial charge in [-0.3, -0.25) is 4.79 Å². The summed E-state index contributed by atoms with van der Waals surface area (Å²) in [7, 11) is 1.75. The average Bonchev–Trinajstić information content (AvgIpc) is 2.67. The Balaban J connectivity index is 0.000000449. The Morgan fingerprint density at radius 3 is 2.33 bits per heavy atom. The number of aryl methyl sites for hydroxylation is 1. The van der Waals surface area contributed by atoms with Gasteiger partial charge in [0.25, 0.3) is 0 Å². The first-order valence-electron chi connectivity index (χ1n) is 8.37. The second kappa shape index (κ2) is 14.1. The van der Waals surface area contributed by atoms with E-state index in [1.807, 2.05) is 37.3 Å². The van der Waals surface area contributed by atoms with Crippen molar-refractivity contribution in [3.8, 4) is 11.3 Å². The molecule has 0 radical (unpaired) electrons. The van der Waals surface area contributed by atoms with Crippen LogP contribution in [0.25, 0.3) is 11.3 Å². The molecule has 0 saturated heterocycles. The Bertz CT molecular complexity index is 711. The molecule has 0 unspecified atom stereocenters. The van der Waals surface area contributed by atoms with Crippen LogP contribution in [0.5, 0.6) is 0 Å². The zero-order chi connectivity index (χ0) is 20.7. The molecule has 2 rings (SSSR count). The van der Waals surface area contributed by atoms with E-state index in [2.05, 4.69) is 33.8 Å². The second-order valence-corrected chi connectivity index (χ2v) is 5.55. The fraction of sp³-hybridized carbons (Fsp3) is 0.300. The van der Waals surface area contributed by atoms with Crippen molar-refractivity contribution in [1.29, 1.82) is 0 Å². The van der Waals surface area contributed by atoms with E-state index in [9.17, 15) is 4.79 Å². The molecule has 0 bridgehead atoms. The molecule has 7 nitrogen and oxygen atoms in total. The molecule has 2 aromatic rings. The first-order valence-corrected chi connectivity index (χ1v) is 8.37. The maximum Gasteiger partial charge on any atom is 0.220 e. The van der Waals surface area contributed by atoms with E-state index in [1.165, 1.54) is 5.56 Å². The van der Waals surface area contributed by atoms with Crippen LogP contribution in [0.3, 0.4) is 0 Å². The van der Waals surface area contributed by atoms with Gasteiger partial charge in [-0.05, 0) is 33.1 Å². The van der Waals surface area contributed by atoms with E-state index in [0.717, 1.165) is 16.8 Å². The maximum absolute atomic E-state index is 9.82. The maximum atomic E-state index is 9.82. The number of hydrogen-bond donors (Lipinski definition) is 3. The molecule has 0 fully saturated rings. The molecule has 1 aromatic carbocycles. The van der Waals surface area contributed by atoms with Crippen molar-refractivity contribution in [2.75, 3.05) is 19.4 Å². The van der Waals surface area contributed by atoms with Gasteiger partial charge in [0, 0.05) is 18.8 Å². The summed E-state index contributed by atoms with van der Waals surface area (Å²) < 4.78 is 0. The zero-order valence-electron chi connectivity index (χ0n) is 16.4. The number of aliphatic hydroxyl groups excluding tert-OH is 1. The Kier molecular flexibility index (Phi) is 12.5. The largest absolute Gasteiger partial charge is 0.394 e. The lowest BCUT2D eigenvalue weighted by Crippen LogP contribution is -2.31. The smallest absolute Gasteiger partial charge is 0.220 e. The number of aliphatic imine (C=N–C) groups is 1. The summed E-state index contributed by atoms with van der Waals surface area (Å²) in [6.07, 6.45) is 3.97. The van der Waals surface area contributed by atoms with Crippen LogP contribution in [0.1, 0.15) is 19.4 Å². The summed E-state index contributed by atoms with van der Waals surface area (Å²) in [5.74, 6) is 0.308. The molecular formula is C20H29N5O2. The van der Waals surface area contributed by atoms with E-state index in [4.69, 9.17) is 10.8 Å². The van der Waals surface area contributed by atoms with Crippen LogP contribution in [0.15, 0.2) is 53.7 Å². The van der Waals surface area contributed by atoms with Gasteiger partial charge in [0.2, 0.25) is 12.4 Å². The highest BCUT2D eigenvalue weighted by Crippen LogP contribution is 2.17. The van der Waals surface area contributed by atoms with Gasteiger partial charge < -0.3 is 21.1 Å². The van der Waals surface area contributed by atoms with Crippen LogP contribution < -0.4 is 11.1 Å². The summed E-state index contributed by atoms with van der Waals surface area (Å²) in [5, 5.41) is 10.9. The minimum Gasteiger partial charge on any atom is -0.394 e. The molecule has 7 heteroatoms. The van der Waals surface area contributed by atoms with Gasteiger partial charge >= 0.3 is 0 Å². The zero-order valence-corrected chi connectivity index (χ0v) is 16.4. The molecule has 0 aliphatic carbocycles. The van der Waals surface area contributed by atoms with Gasteiger partial charge in [0.15, 0.2) is 0 Å². The molecule has 0 spiro atoms. The van der Waals surface area contributed by atoms with Crippen molar-refractivity contribution < 1.29 is 9.90 Å². The SMILES string of the molecule is C=C(C)[C@@H](CO)NC=O.CC=NC.Cc1ccc(-c2ccnc(N)n2)cc1. The number of nitrogens with two attached hydrogens (primary N) is 1. The lowest BCUT2D eigenvalue weighted by Gasteiger charge is -2.11. The van der Waals surface area contributed by atoms with Gasteiger partial charge in [-0.1, -0.05) is 42.0 Å². The molecule has 4 N–H and O–H groups in total. The summed E-state index contributed by atoms with van der Waals surface area (Å²) in [6.45, 7) is 9.16. The Morgan fingerprint density at radius 2 is 1.96 bits per heavy atom. The van der Waals surface area contributed by atoms with Crippen molar-refractivity contribution in [2.24, 2.45) is 4.99 Å². The number of nitrogens with zero attached hydrogens (tertiary/aromatic N) is 3. The molecule has 0 aliphatic heterocycles. The van der Waals surface area contributed by atoms with E-state index in [1.54, 1.807) is 26.4 Å². The summed E-state index contributed by atoms with van der Waals surface area (Å²) in [6, 6.07) is 9.71. The molecular weight excluding hydrogens is 342 g/mol. The van der Waals surface area contributed by atoms with Crippen LogP contribution in [-0.2, 0) is 4.79 Å². The minimum atomic E-state index is -0.289. The highest BCUT2D eigenvalue weighted by atomic mass is 16.3. The van der Waals surface area contributed by atoms with Crippen LogP contribution >= 0.6 is 0 Å². The number of aromatic nitrogens is 2. The highest BCUT2D eigenvalue weighted by molar-refractivity contribution is 5.59. The molecule has 1 amide bonds. The van der Waals surface area contributed by atoms with Crippen LogP contribution in [0.2, 0.25) is 0 Å². The lowest BCUT2D eigenvalue weighted by atomic mass is 10.1. The van der Waals surface area contributed by atoms with Crippen LogP contribution in [0.4, 0.5) is 5.95 Å². The molecule has 1 atom stereocenters. The first-order chi connectivity index (χ1) is 12.9. The predicted octanol–water partition coefficient (Wildman–Crippen LogP) is 2.41. The molecule has 146 valence electrons. The highest BCUT2D eigenvalue weighted by Gasteiger charge is 2.03. The molecule has 1 heterocycles. The van der Waals surface area contributed by atoms with Gasteiger partial charge in [-0.25, -0.2) is 9.97 Å². The second-order valence-electron chi connectivity index (χ2n) is 5.55. The van der Waals surface area contributed by atoms with Gasteiger partial charge in [0.1, 0.15) is 0 Å².